The Morgan fingerprint density at radius 2 is 1.26 bits per heavy atom. The van der Waals surface area contributed by atoms with E-state index in [1.54, 1.807) is 0 Å². The maximum atomic E-state index is 12.7. The van der Waals surface area contributed by atoms with Gasteiger partial charge in [0.25, 0.3) is 0 Å². The number of primary amides is 2. The zero-order valence-electron chi connectivity index (χ0n) is 18.9. The van der Waals surface area contributed by atoms with Gasteiger partial charge < -0.3 is 43.4 Å². The fourth-order valence-corrected chi connectivity index (χ4v) is 2.69. The molecule has 4 unspecified atom stereocenters. The van der Waals surface area contributed by atoms with Gasteiger partial charge in [0.05, 0.1) is 12.5 Å². The fraction of sp³-hybridized carbons (Fsp3) is 0.632. The molecule has 15 heteroatoms. The fourth-order valence-electron chi connectivity index (χ4n) is 2.69. The third-order valence-corrected chi connectivity index (χ3v) is 4.59. The second kappa shape index (κ2) is 14.4. The van der Waals surface area contributed by atoms with Crippen LogP contribution in [-0.4, -0.2) is 75.9 Å². The van der Waals surface area contributed by atoms with Crippen molar-refractivity contribution in [2.45, 2.75) is 70.1 Å². The highest BCUT2D eigenvalue weighted by Gasteiger charge is 2.32. The minimum Gasteiger partial charge on any atom is -0.481 e. The van der Waals surface area contributed by atoms with Gasteiger partial charge in [0.1, 0.15) is 18.1 Å². The van der Waals surface area contributed by atoms with Crippen LogP contribution in [0.2, 0.25) is 0 Å². The lowest BCUT2D eigenvalue weighted by Gasteiger charge is -2.25. The summed E-state index contributed by atoms with van der Waals surface area (Å²) in [7, 11) is 0. The molecule has 0 spiro atoms. The Bertz CT molecular complexity index is 801. The van der Waals surface area contributed by atoms with E-state index in [-0.39, 0.29) is 12.8 Å². The average molecular weight is 488 g/mol. The van der Waals surface area contributed by atoms with Crippen LogP contribution in [-0.2, 0) is 33.6 Å². The molecule has 0 saturated carbocycles. The van der Waals surface area contributed by atoms with Gasteiger partial charge >= 0.3 is 11.9 Å². The van der Waals surface area contributed by atoms with Crippen LogP contribution in [0.3, 0.4) is 0 Å². The molecular formula is C19H32N6O9. The molecule has 0 aromatic carbocycles. The Hall–Kier alpha value is -3.75. The lowest BCUT2D eigenvalue weighted by atomic mass is 10.0. The number of hydrogen-bond donors (Lipinski definition) is 8. The van der Waals surface area contributed by atoms with Crippen LogP contribution in [0.4, 0.5) is 0 Å². The zero-order chi connectivity index (χ0) is 26.6. The van der Waals surface area contributed by atoms with Crippen LogP contribution in [0.15, 0.2) is 0 Å². The number of nitrogens with two attached hydrogens (primary N) is 3. The molecule has 5 amide bonds. The van der Waals surface area contributed by atoms with E-state index >= 15 is 0 Å². The van der Waals surface area contributed by atoms with Crippen molar-refractivity contribution in [1.29, 1.82) is 0 Å². The molecule has 4 atom stereocenters. The third kappa shape index (κ3) is 11.8. The Kier molecular flexibility index (Phi) is 12.8. The molecular weight excluding hydrogens is 456 g/mol. The van der Waals surface area contributed by atoms with Crippen molar-refractivity contribution in [1.82, 2.24) is 16.0 Å². The Morgan fingerprint density at radius 1 is 0.735 bits per heavy atom. The first-order valence-electron chi connectivity index (χ1n) is 10.3. The molecule has 192 valence electrons. The second-order valence-corrected chi connectivity index (χ2v) is 7.91. The lowest BCUT2D eigenvalue weighted by molar-refractivity contribution is -0.143. The minimum absolute atomic E-state index is 0.132. The Balaban J connectivity index is 5.56. The molecule has 0 bridgehead atoms. The van der Waals surface area contributed by atoms with E-state index in [1.165, 1.54) is 13.8 Å². The minimum atomic E-state index is -1.60. The third-order valence-electron chi connectivity index (χ3n) is 4.59. The first-order chi connectivity index (χ1) is 15.6. The van der Waals surface area contributed by atoms with Crippen molar-refractivity contribution in [3.8, 4) is 0 Å². The van der Waals surface area contributed by atoms with Gasteiger partial charge in [-0.3, -0.25) is 28.8 Å². The summed E-state index contributed by atoms with van der Waals surface area (Å²) in [5.74, 6) is -7.78. The summed E-state index contributed by atoms with van der Waals surface area (Å²) in [4.78, 5) is 82.1. The molecule has 0 aliphatic carbocycles. The molecule has 0 aliphatic heterocycles. The van der Waals surface area contributed by atoms with E-state index in [2.05, 4.69) is 16.0 Å². The molecule has 0 fully saturated rings. The maximum Gasteiger partial charge on any atom is 0.326 e. The van der Waals surface area contributed by atoms with Crippen LogP contribution in [0.1, 0.15) is 46.0 Å². The Morgan fingerprint density at radius 3 is 1.71 bits per heavy atom. The smallest absolute Gasteiger partial charge is 0.326 e. The topological polar surface area (TPSA) is 274 Å². The first kappa shape index (κ1) is 30.2. The highest BCUT2D eigenvalue weighted by Crippen LogP contribution is 2.06. The number of carboxylic acids is 2. The van der Waals surface area contributed by atoms with Crippen molar-refractivity contribution >= 4 is 41.5 Å². The van der Waals surface area contributed by atoms with E-state index in [1.807, 2.05) is 0 Å². The highest BCUT2D eigenvalue weighted by molar-refractivity contribution is 5.96. The Labute approximate surface area is 195 Å². The number of aliphatic carboxylic acids is 2. The predicted molar refractivity (Wildman–Crippen MR) is 115 cm³/mol. The summed E-state index contributed by atoms with van der Waals surface area (Å²) in [5, 5.41) is 24.8. The molecule has 0 aromatic rings. The molecule has 0 heterocycles. The van der Waals surface area contributed by atoms with Crippen LogP contribution in [0.25, 0.3) is 0 Å². The summed E-state index contributed by atoms with van der Waals surface area (Å²) in [6, 6.07) is -5.64. The monoisotopic (exact) mass is 488 g/mol. The van der Waals surface area contributed by atoms with Gasteiger partial charge in [0, 0.05) is 12.8 Å². The van der Waals surface area contributed by atoms with Crippen molar-refractivity contribution in [3.63, 3.8) is 0 Å². The second-order valence-electron chi connectivity index (χ2n) is 7.91. The number of nitrogens with one attached hydrogen (secondary N) is 3. The summed E-state index contributed by atoms with van der Waals surface area (Å²) >= 11 is 0. The average Bonchev–Trinajstić information content (AvgIpc) is 2.70. The van der Waals surface area contributed by atoms with Crippen LogP contribution >= 0.6 is 0 Å². The summed E-state index contributed by atoms with van der Waals surface area (Å²) in [5.41, 5.74) is 15.8. The number of carbonyl (C=O) groups is 7. The van der Waals surface area contributed by atoms with E-state index in [9.17, 15) is 38.7 Å². The first-order valence-corrected chi connectivity index (χ1v) is 10.3. The maximum absolute atomic E-state index is 12.7. The van der Waals surface area contributed by atoms with E-state index in [4.69, 9.17) is 22.3 Å². The molecule has 0 saturated heterocycles. The molecule has 0 aliphatic rings. The molecule has 15 nitrogen and oxygen atoms in total. The van der Waals surface area contributed by atoms with E-state index < -0.39 is 90.8 Å². The quantitative estimate of drug-likeness (QED) is 0.106. The van der Waals surface area contributed by atoms with Gasteiger partial charge in [0.2, 0.25) is 29.5 Å². The SMILES string of the molecule is CC(C)C(NC(=O)C(CC(N)=O)NC(=O)C(CCC(=O)O)NC(=O)C(N)CCC(N)=O)C(=O)O. The van der Waals surface area contributed by atoms with Gasteiger partial charge in [0.15, 0.2) is 0 Å². The molecule has 34 heavy (non-hydrogen) atoms. The summed E-state index contributed by atoms with van der Waals surface area (Å²) in [6.45, 7) is 3.05. The van der Waals surface area contributed by atoms with E-state index in [0.717, 1.165) is 0 Å². The van der Waals surface area contributed by atoms with Gasteiger partial charge in [-0.1, -0.05) is 13.8 Å². The summed E-state index contributed by atoms with van der Waals surface area (Å²) < 4.78 is 0. The number of hydrogen-bond acceptors (Lipinski definition) is 8. The largest absolute Gasteiger partial charge is 0.481 e. The lowest BCUT2D eigenvalue weighted by Crippen LogP contribution is -2.58. The van der Waals surface area contributed by atoms with Crippen LogP contribution in [0, 0.1) is 5.92 Å². The summed E-state index contributed by atoms with van der Waals surface area (Å²) in [6.07, 6.45) is -1.98. The standard InChI is InChI=1S/C19H32N6O9/c1-8(2)15(19(33)34)25-18(32)11(7-13(22)27)24-17(31)10(4-6-14(28)29)23-16(30)9(20)3-5-12(21)26/h8-11,15H,3-7,20H2,1-2H3,(H2,21,26)(H2,22,27)(H,23,30)(H,24,31)(H,25,32)(H,28,29)(H,33,34). The number of carboxylic acid groups (broad SMARTS) is 2. The van der Waals surface area contributed by atoms with Gasteiger partial charge in [-0.15, -0.1) is 0 Å². The van der Waals surface area contributed by atoms with Gasteiger partial charge in [-0.25, -0.2) is 4.79 Å². The number of amides is 5. The molecule has 0 aromatic heterocycles. The highest BCUT2D eigenvalue weighted by atomic mass is 16.4. The van der Waals surface area contributed by atoms with Crippen LogP contribution in [0.5, 0.6) is 0 Å². The van der Waals surface area contributed by atoms with Gasteiger partial charge in [-0.2, -0.15) is 0 Å². The van der Waals surface area contributed by atoms with Crippen molar-refractivity contribution in [3.05, 3.63) is 0 Å². The molecule has 0 radical (unpaired) electrons. The normalized spacial score (nSPS) is 14.2. The molecule has 11 N–H and O–H groups in total. The van der Waals surface area contributed by atoms with E-state index in [0.29, 0.717) is 0 Å². The van der Waals surface area contributed by atoms with Gasteiger partial charge in [-0.05, 0) is 18.8 Å². The van der Waals surface area contributed by atoms with Crippen molar-refractivity contribution in [2.75, 3.05) is 0 Å². The number of carbonyl (C=O) groups excluding carboxylic acids is 5. The molecule has 0 rings (SSSR count). The zero-order valence-corrected chi connectivity index (χ0v) is 18.9. The number of rotatable bonds is 16. The van der Waals surface area contributed by atoms with Crippen molar-refractivity contribution in [2.24, 2.45) is 23.1 Å². The van der Waals surface area contributed by atoms with Crippen molar-refractivity contribution < 1.29 is 43.8 Å². The predicted octanol–water partition coefficient (Wildman–Crippen LogP) is -3.49. The van der Waals surface area contributed by atoms with Crippen LogP contribution < -0.4 is 33.2 Å².